The summed E-state index contributed by atoms with van der Waals surface area (Å²) in [6.45, 7) is 1.88. The summed E-state index contributed by atoms with van der Waals surface area (Å²) >= 11 is 0. The zero-order valence-electron chi connectivity index (χ0n) is 8.18. The van der Waals surface area contributed by atoms with Crippen LogP contribution in [0.3, 0.4) is 0 Å². The van der Waals surface area contributed by atoms with E-state index in [1.807, 2.05) is 0 Å². The fraction of sp³-hybridized carbons (Fsp3) is 0.455. The molecule has 0 radical (unpaired) electrons. The van der Waals surface area contributed by atoms with Gasteiger partial charge in [0.2, 0.25) is 0 Å². The summed E-state index contributed by atoms with van der Waals surface area (Å²) in [4.78, 5) is 0. The molecule has 0 spiro atoms. The molecule has 76 valence electrons. The van der Waals surface area contributed by atoms with Crippen molar-refractivity contribution in [1.29, 1.82) is 0 Å². The molecule has 1 aliphatic rings. The van der Waals surface area contributed by atoms with Gasteiger partial charge in [-0.3, -0.25) is 0 Å². The van der Waals surface area contributed by atoms with Gasteiger partial charge in [0.25, 0.3) is 0 Å². The molecule has 1 aromatic carbocycles. The third-order valence-corrected chi connectivity index (χ3v) is 2.76. The van der Waals surface area contributed by atoms with E-state index in [1.165, 1.54) is 6.07 Å². The maximum absolute atomic E-state index is 13.3. The largest absolute Gasteiger partial charge is 0.392 e. The minimum atomic E-state index is -0.303. The van der Waals surface area contributed by atoms with Crippen LogP contribution in [-0.2, 0) is 13.0 Å². The van der Waals surface area contributed by atoms with Crippen LogP contribution in [0.1, 0.15) is 24.5 Å². The van der Waals surface area contributed by atoms with E-state index in [4.69, 9.17) is 5.11 Å². The Bertz CT molecular complexity index is 351. The third-order valence-electron chi connectivity index (χ3n) is 2.76. The minimum Gasteiger partial charge on any atom is -0.392 e. The summed E-state index contributed by atoms with van der Waals surface area (Å²) in [5.41, 5.74) is 2.35. The molecule has 1 heterocycles. The van der Waals surface area contributed by atoms with Gasteiger partial charge >= 0.3 is 0 Å². The standard InChI is InChI=1S/C11H14FNO/c1-7-2-3-8-9(6-14)10(12)4-5-11(8)13-7/h4-5,7,13-14H,2-3,6H2,1H3. The van der Waals surface area contributed by atoms with Crippen molar-refractivity contribution >= 4 is 5.69 Å². The van der Waals surface area contributed by atoms with Crippen LogP contribution >= 0.6 is 0 Å². The van der Waals surface area contributed by atoms with E-state index in [0.717, 1.165) is 24.1 Å². The van der Waals surface area contributed by atoms with Crippen molar-refractivity contribution < 1.29 is 9.50 Å². The lowest BCUT2D eigenvalue weighted by molar-refractivity contribution is 0.274. The molecule has 3 heteroatoms. The molecule has 0 bridgehead atoms. The molecule has 1 unspecified atom stereocenters. The average Bonchev–Trinajstić information content (AvgIpc) is 2.18. The molecule has 0 amide bonds. The number of aliphatic hydroxyl groups is 1. The Morgan fingerprint density at radius 1 is 1.57 bits per heavy atom. The second kappa shape index (κ2) is 3.58. The summed E-state index contributed by atoms with van der Waals surface area (Å²) in [5, 5.41) is 12.4. The smallest absolute Gasteiger partial charge is 0.129 e. The number of nitrogens with one attached hydrogen (secondary N) is 1. The van der Waals surface area contributed by atoms with Gasteiger partial charge in [-0.1, -0.05) is 0 Å². The van der Waals surface area contributed by atoms with Crippen LogP contribution < -0.4 is 5.32 Å². The predicted molar refractivity (Wildman–Crippen MR) is 53.7 cm³/mol. The van der Waals surface area contributed by atoms with Crippen LogP contribution in [0.25, 0.3) is 0 Å². The lowest BCUT2D eigenvalue weighted by Gasteiger charge is -2.25. The van der Waals surface area contributed by atoms with Crippen LogP contribution in [0.4, 0.5) is 10.1 Å². The molecule has 0 aromatic heterocycles. The van der Waals surface area contributed by atoms with E-state index >= 15 is 0 Å². The van der Waals surface area contributed by atoms with E-state index in [1.54, 1.807) is 6.07 Å². The number of anilines is 1. The number of rotatable bonds is 1. The van der Waals surface area contributed by atoms with Crippen molar-refractivity contribution in [3.05, 3.63) is 29.1 Å². The normalized spacial score (nSPS) is 20.1. The second-order valence-corrected chi connectivity index (χ2v) is 3.79. The first kappa shape index (κ1) is 9.46. The van der Waals surface area contributed by atoms with Crippen LogP contribution in [-0.4, -0.2) is 11.1 Å². The lowest BCUT2D eigenvalue weighted by atomic mass is 9.94. The number of fused-ring (bicyclic) bond motifs is 1. The Morgan fingerprint density at radius 2 is 2.36 bits per heavy atom. The molecule has 2 rings (SSSR count). The predicted octanol–water partition coefficient (Wildman–Crippen LogP) is 2.06. The van der Waals surface area contributed by atoms with Crippen molar-refractivity contribution in [3.8, 4) is 0 Å². The fourth-order valence-corrected chi connectivity index (χ4v) is 1.95. The van der Waals surface area contributed by atoms with Crippen molar-refractivity contribution in [2.45, 2.75) is 32.4 Å². The van der Waals surface area contributed by atoms with Crippen molar-refractivity contribution in [3.63, 3.8) is 0 Å². The number of benzene rings is 1. The Kier molecular flexibility index (Phi) is 2.42. The summed E-state index contributed by atoms with van der Waals surface area (Å²) in [6, 6.07) is 3.59. The molecular formula is C11H14FNO. The van der Waals surface area contributed by atoms with Gasteiger partial charge in [-0.25, -0.2) is 4.39 Å². The highest BCUT2D eigenvalue weighted by molar-refractivity contribution is 5.57. The van der Waals surface area contributed by atoms with Crippen molar-refractivity contribution in [2.75, 3.05) is 5.32 Å². The van der Waals surface area contributed by atoms with Crippen LogP contribution in [0.5, 0.6) is 0 Å². The SMILES string of the molecule is CC1CCc2c(ccc(F)c2CO)N1. The highest BCUT2D eigenvalue weighted by atomic mass is 19.1. The first-order valence-electron chi connectivity index (χ1n) is 4.90. The summed E-state index contributed by atoms with van der Waals surface area (Å²) in [7, 11) is 0. The fourth-order valence-electron chi connectivity index (χ4n) is 1.95. The Hall–Kier alpha value is -1.09. The molecule has 1 atom stereocenters. The molecule has 2 nitrogen and oxygen atoms in total. The van der Waals surface area contributed by atoms with Crippen LogP contribution in [0.15, 0.2) is 12.1 Å². The topological polar surface area (TPSA) is 32.3 Å². The number of halogens is 1. The summed E-state index contributed by atoms with van der Waals surface area (Å²) in [5.74, 6) is -0.303. The third kappa shape index (κ3) is 1.48. The van der Waals surface area contributed by atoms with E-state index in [9.17, 15) is 4.39 Å². The Labute approximate surface area is 82.8 Å². The molecule has 0 fully saturated rings. The second-order valence-electron chi connectivity index (χ2n) is 3.79. The maximum Gasteiger partial charge on any atom is 0.129 e. The van der Waals surface area contributed by atoms with Crippen molar-refractivity contribution in [1.82, 2.24) is 0 Å². The molecule has 0 aliphatic carbocycles. The van der Waals surface area contributed by atoms with Gasteiger partial charge < -0.3 is 10.4 Å². The zero-order chi connectivity index (χ0) is 10.1. The van der Waals surface area contributed by atoms with Crippen LogP contribution in [0, 0.1) is 5.82 Å². The van der Waals surface area contributed by atoms with Gasteiger partial charge in [-0.2, -0.15) is 0 Å². The van der Waals surface area contributed by atoms with Gasteiger partial charge in [-0.05, 0) is 37.5 Å². The van der Waals surface area contributed by atoms with Gasteiger partial charge in [0.05, 0.1) is 6.61 Å². The summed E-state index contributed by atoms with van der Waals surface area (Å²) in [6.07, 6.45) is 1.83. The number of hydrogen-bond donors (Lipinski definition) is 2. The molecule has 0 saturated carbocycles. The number of hydrogen-bond acceptors (Lipinski definition) is 2. The number of aliphatic hydroxyl groups excluding tert-OH is 1. The van der Waals surface area contributed by atoms with E-state index < -0.39 is 0 Å². The van der Waals surface area contributed by atoms with Crippen molar-refractivity contribution in [2.24, 2.45) is 0 Å². The average molecular weight is 195 g/mol. The van der Waals surface area contributed by atoms with Gasteiger partial charge in [-0.15, -0.1) is 0 Å². The first-order chi connectivity index (χ1) is 6.72. The highest BCUT2D eigenvalue weighted by Crippen LogP contribution is 2.29. The molecule has 1 aliphatic heterocycles. The quantitative estimate of drug-likeness (QED) is 0.719. The molecule has 14 heavy (non-hydrogen) atoms. The minimum absolute atomic E-state index is 0.217. The van der Waals surface area contributed by atoms with Gasteiger partial charge in [0.15, 0.2) is 0 Å². The zero-order valence-corrected chi connectivity index (χ0v) is 8.18. The first-order valence-corrected chi connectivity index (χ1v) is 4.90. The monoisotopic (exact) mass is 195 g/mol. The molecule has 0 saturated heterocycles. The van der Waals surface area contributed by atoms with Crippen LogP contribution in [0.2, 0.25) is 0 Å². The van der Waals surface area contributed by atoms with E-state index in [0.29, 0.717) is 11.6 Å². The molecular weight excluding hydrogens is 181 g/mol. The van der Waals surface area contributed by atoms with Gasteiger partial charge in [0, 0.05) is 17.3 Å². The Morgan fingerprint density at radius 3 is 3.07 bits per heavy atom. The van der Waals surface area contributed by atoms with E-state index in [2.05, 4.69) is 12.2 Å². The Balaban J connectivity index is 2.47. The highest BCUT2D eigenvalue weighted by Gasteiger charge is 2.18. The molecule has 1 aromatic rings. The maximum atomic E-state index is 13.3. The van der Waals surface area contributed by atoms with E-state index in [-0.39, 0.29) is 12.4 Å². The van der Waals surface area contributed by atoms with Gasteiger partial charge in [0.1, 0.15) is 5.82 Å². The lowest BCUT2D eigenvalue weighted by Crippen LogP contribution is -2.23. The summed E-state index contributed by atoms with van der Waals surface area (Å²) < 4.78 is 13.3. The molecule has 2 N–H and O–H groups in total.